The van der Waals surface area contributed by atoms with Crippen LogP contribution in [0.2, 0.25) is 10.0 Å². The molecule has 3 aliphatic rings. The van der Waals surface area contributed by atoms with Gasteiger partial charge in [-0.2, -0.15) is 0 Å². The molecule has 5 rings (SSSR count). The summed E-state index contributed by atoms with van der Waals surface area (Å²) in [5.41, 5.74) is -0.293. The summed E-state index contributed by atoms with van der Waals surface area (Å²) in [6.45, 7) is 0.128. The van der Waals surface area contributed by atoms with Gasteiger partial charge in [-0.25, -0.2) is 4.39 Å². The van der Waals surface area contributed by atoms with Gasteiger partial charge in [0.1, 0.15) is 17.8 Å². The summed E-state index contributed by atoms with van der Waals surface area (Å²) in [4.78, 5) is 55.3. The van der Waals surface area contributed by atoms with Gasteiger partial charge in [0.05, 0.1) is 15.7 Å². The number of carbonyl (C=O) groups excluding carboxylic acids is 4. The predicted octanol–water partition coefficient (Wildman–Crippen LogP) is 3.51. The molecule has 2 fully saturated rings. The van der Waals surface area contributed by atoms with Crippen molar-refractivity contribution in [2.75, 3.05) is 0 Å². The van der Waals surface area contributed by atoms with Crippen molar-refractivity contribution >= 4 is 46.8 Å². The number of pyridine rings is 1. The van der Waals surface area contributed by atoms with E-state index in [1.54, 1.807) is 6.07 Å². The van der Waals surface area contributed by atoms with Crippen LogP contribution in [0.25, 0.3) is 0 Å². The zero-order valence-corrected chi connectivity index (χ0v) is 20.0. The normalized spacial score (nSPS) is 21.7. The molecule has 0 unspecified atom stereocenters. The van der Waals surface area contributed by atoms with Gasteiger partial charge >= 0.3 is 0 Å². The number of alkyl halides is 1. The number of nitrogens with one attached hydrogen (secondary N) is 2. The lowest BCUT2D eigenvalue weighted by molar-refractivity contribution is -0.136. The van der Waals surface area contributed by atoms with Gasteiger partial charge in [0.15, 0.2) is 0 Å². The van der Waals surface area contributed by atoms with Gasteiger partial charge in [0.2, 0.25) is 11.8 Å². The van der Waals surface area contributed by atoms with Crippen molar-refractivity contribution in [3.05, 3.63) is 62.9 Å². The van der Waals surface area contributed by atoms with Crippen molar-refractivity contribution < 1.29 is 23.6 Å². The minimum absolute atomic E-state index is 0.128. The number of hydrogen-bond acceptors (Lipinski definition) is 5. The molecule has 1 aromatic heterocycles. The van der Waals surface area contributed by atoms with Gasteiger partial charge in [-0.15, -0.1) is 0 Å². The van der Waals surface area contributed by atoms with Crippen molar-refractivity contribution in [3.8, 4) is 0 Å². The summed E-state index contributed by atoms with van der Waals surface area (Å²) in [5, 5.41) is 5.45. The van der Waals surface area contributed by atoms with Crippen molar-refractivity contribution in [1.29, 1.82) is 0 Å². The van der Waals surface area contributed by atoms with Gasteiger partial charge in [-0.1, -0.05) is 23.2 Å². The van der Waals surface area contributed by atoms with E-state index in [1.807, 2.05) is 0 Å². The van der Waals surface area contributed by atoms with Gasteiger partial charge in [-0.05, 0) is 55.5 Å². The van der Waals surface area contributed by atoms with Crippen LogP contribution in [0.15, 0.2) is 30.5 Å². The molecular weight excluding hydrogens is 498 g/mol. The Morgan fingerprint density at radius 2 is 2.00 bits per heavy atom. The molecule has 2 atom stereocenters. The number of carbonyl (C=O) groups is 4. The largest absolute Gasteiger partial charge is 0.340 e. The Morgan fingerprint density at radius 3 is 2.66 bits per heavy atom. The quantitative estimate of drug-likeness (QED) is 0.588. The number of rotatable bonds is 5. The molecule has 1 saturated heterocycles. The number of hydrogen-bond donors (Lipinski definition) is 2. The Bertz CT molecular complexity index is 1270. The van der Waals surface area contributed by atoms with Crippen LogP contribution in [0, 0.1) is 0 Å². The van der Waals surface area contributed by atoms with Crippen LogP contribution in [-0.4, -0.2) is 45.2 Å². The topological polar surface area (TPSA) is 108 Å². The number of aromatic nitrogens is 1. The summed E-state index contributed by atoms with van der Waals surface area (Å²) in [6.07, 6.45) is 2.96. The van der Waals surface area contributed by atoms with Crippen molar-refractivity contribution in [1.82, 2.24) is 20.5 Å². The third kappa shape index (κ3) is 4.27. The fraction of sp³-hybridized carbons (Fsp3) is 0.375. The van der Waals surface area contributed by atoms with E-state index in [0.29, 0.717) is 22.6 Å². The second kappa shape index (κ2) is 8.87. The molecule has 1 aromatic carbocycles. The molecule has 2 aliphatic heterocycles. The van der Waals surface area contributed by atoms with Gasteiger partial charge in [-0.3, -0.25) is 29.5 Å². The van der Waals surface area contributed by atoms with Crippen molar-refractivity contribution in [2.24, 2.45) is 0 Å². The maximum atomic E-state index is 15.5. The maximum Gasteiger partial charge on any atom is 0.255 e. The Kier molecular flexibility index (Phi) is 6.01. The highest BCUT2D eigenvalue weighted by molar-refractivity contribution is 6.34. The summed E-state index contributed by atoms with van der Waals surface area (Å²) < 4.78 is 15.5. The summed E-state index contributed by atoms with van der Waals surface area (Å²) in [7, 11) is 0. The van der Waals surface area contributed by atoms with Crippen LogP contribution in [0.5, 0.6) is 0 Å². The molecule has 0 radical (unpaired) electrons. The molecule has 2 aromatic rings. The lowest BCUT2D eigenvalue weighted by Crippen LogP contribution is -2.52. The summed E-state index contributed by atoms with van der Waals surface area (Å²) in [5.74, 6) is -1.75. The average molecular weight is 519 g/mol. The third-order valence-corrected chi connectivity index (χ3v) is 7.38. The van der Waals surface area contributed by atoms with Crippen LogP contribution in [0.1, 0.15) is 70.1 Å². The number of benzene rings is 1. The van der Waals surface area contributed by atoms with Crippen molar-refractivity contribution in [3.63, 3.8) is 0 Å². The second-order valence-electron chi connectivity index (χ2n) is 9.09. The van der Waals surface area contributed by atoms with Gasteiger partial charge in [0, 0.05) is 30.3 Å². The molecule has 4 amide bonds. The highest BCUT2D eigenvalue weighted by Crippen LogP contribution is 2.46. The Balaban J connectivity index is 1.38. The molecular formula is C24H21Cl2FN4O4. The molecule has 0 bridgehead atoms. The average Bonchev–Trinajstić information content (AvgIpc) is 3.12. The lowest BCUT2D eigenvalue weighted by atomic mass is 9.75. The molecule has 182 valence electrons. The van der Waals surface area contributed by atoms with E-state index in [4.69, 9.17) is 23.2 Å². The highest BCUT2D eigenvalue weighted by Gasteiger charge is 2.48. The van der Waals surface area contributed by atoms with Gasteiger partial charge in [0.25, 0.3) is 11.8 Å². The van der Waals surface area contributed by atoms with E-state index < -0.39 is 29.6 Å². The lowest BCUT2D eigenvalue weighted by Gasteiger charge is -2.40. The van der Waals surface area contributed by atoms with E-state index in [2.05, 4.69) is 15.6 Å². The maximum absolute atomic E-state index is 15.5. The molecule has 35 heavy (non-hydrogen) atoms. The zero-order chi connectivity index (χ0) is 24.9. The smallest absolute Gasteiger partial charge is 0.255 e. The van der Waals surface area contributed by atoms with Crippen LogP contribution in [-0.2, 0) is 16.1 Å². The van der Waals surface area contributed by atoms with Crippen LogP contribution in [0.3, 0.4) is 0 Å². The first-order chi connectivity index (χ1) is 16.7. The Labute approximate surface area is 210 Å². The minimum atomic E-state index is -1.69. The first kappa shape index (κ1) is 23.7. The molecule has 11 heteroatoms. The molecule has 1 saturated carbocycles. The first-order valence-electron chi connectivity index (χ1n) is 11.2. The highest BCUT2D eigenvalue weighted by atomic mass is 35.5. The van der Waals surface area contributed by atoms with E-state index in [0.717, 1.165) is 0 Å². The molecule has 0 spiro atoms. The second-order valence-corrected chi connectivity index (χ2v) is 9.93. The first-order valence-corrected chi connectivity index (χ1v) is 12.0. The van der Waals surface area contributed by atoms with E-state index in [-0.39, 0.29) is 60.3 Å². The Morgan fingerprint density at radius 1 is 1.23 bits per heavy atom. The fourth-order valence-corrected chi connectivity index (χ4v) is 5.30. The molecule has 2 N–H and O–H groups in total. The van der Waals surface area contributed by atoms with E-state index in [9.17, 15) is 19.2 Å². The van der Waals surface area contributed by atoms with Crippen LogP contribution >= 0.6 is 23.2 Å². The van der Waals surface area contributed by atoms with Gasteiger partial charge < -0.3 is 10.2 Å². The van der Waals surface area contributed by atoms with E-state index >= 15 is 4.39 Å². The summed E-state index contributed by atoms with van der Waals surface area (Å²) >= 11 is 12.2. The monoisotopic (exact) mass is 518 g/mol. The van der Waals surface area contributed by atoms with Crippen LogP contribution < -0.4 is 10.6 Å². The van der Waals surface area contributed by atoms with Crippen LogP contribution in [0.4, 0.5) is 4.39 Å². The predicted molar refractivity (Wildman–Crippen MR) is 125 cm³/mol. The standard InChI is InChI=1S/C24H21Cl2FN4O4/c25-14-9-16(26)19(28-10-14)20(24(27)6-1-7-24)30-21(33)12-2-3-15-13(8-12)11-31(23(15)35)17-4-5-18(32)29-22(17)34/h2-3,8-10,17,20H,1,4-7,11H2,(H,30,33)(H,29,32,34)/t17-,20+/m0/s1. The number of amides is 4. The zero-order valence-electron chi connectivity index (χ0n) is 18.4. The van der Waals surface area contributed by atoms with E-state index in [1.165, 1.54) is 29.3 Å². The van der Waals surface area contributed by atoms with Crippen molar-refractivity contribution in [2.45, 2.75) is 56.4 Å². The number of fused-ring (bicyclic) bond motifs is 1. The fourth-order valence-electron chi connectivity index (χ4n) is 4.81. The third-order valence-electron chi connectivity index (χ3n) is 6.87. The molecule has 8 nitrogen and oxygen atoms in total. The number of nitrogens with zero attached hydrogens (tertiary/aromatic N) is 2. The number of piperidine rings is 1. The number of halogens is 3. The SMILES string of the molecule is O=C1CC[C@H](N2Cc3cc(C(=O)N[C@H](c4ncc(Cl)cc4Cl)C4(F)CCC4)ccc3C2=O)C(=O)N1. The molecule has 1 aliphatic carbocycles. The Hall–Kier alpha value is -3.04. The minimum Gasteiger partial charge on any atom is -0.340 e. The molecule has 3 heterocycles. The number of imide groups is 1. The summed E-state index contributed by atoms with van der Waals surface area (Å²) in [6, 6.07) is 4.21.